The van der Waals surface area contributed by atoms with Gasteiger partial charge in [0.1, 0.15) is 5.75 Å². The highest BCUT2D eigenvalue weighted by Gasteiger charge is 2.06. The van der Waals surface area contributed by atoms with Gasteiger partial charge in [-0.2, -0.15) is 5.10 Å². The van der Waals surface area contributed by atoms with Crippen LogP contribution in [0.4, 0.5) is 0 Å². The summed E-state index contributed by atoms with van der Waals surface area (Å²) in [5.74, 6) is 0.847. The molecule has 0 aliphatic rings. The van der Waals surface area contributed by atoms with Gasteiger partial charge in [-0.15, -0.1) is 0 Å². The Morgan fingerprint density at radius 2 is 2.38 bits per heavy atom. The van der Waals surface area contributed by atoms with Gasteiger partial charge in [-0.1, -0.05) is 0 Å². The number of benzene rings is 1. The van der Waals surface area contributed by atoms with Crippen LogP contribution < -0.4 is 4.74 Å². The minimum Gasteiger partial charge on any atom is -0.493 e. The second kappa shape index (κ2) is 3.38. The SMILES string of the molecule is CCOc1ccc2cn[nH]c2c1Br. The maximum Gasteiger partial charge on any atom is 0.135 e. The number of fused-ring (bicyclic) bond motifs is 1. The summed E-state index contributed by atoms with van der Waals surface area (Å²) in [6, 6.07) is 3.92. The number of hydrogen-bond acceptors (Lipinski definition) is 2. The van der Waals surface area contributed by atoms with Gasteiger partial charge in [0.2, 0.25) is 0 Å². The van der Waals surface area contributed by atoms with Crippen LogP contribution in [0.5, 0.6) is 5.75 Å². The predicted octanol–water partition coefficient (Wildman–Crippen LogP) is 2.72. The summed E-state index contributed by atoms with van der Waals surface area (Å²) in [7, 11) is 0. The van der Waals surface area contributed by atoms with Gasteiger partial charge in [0.15, 0.2) is 0 Å². The summed E-state index contributed by atoms with van der Waals surface area (Å²) in [6.45, 7) is 2.63. The van der Waals surface area contributed by atoms with E-state index in [0.29, 0.717) is 6.61 Å². The fourth-order valence-electron chi connectivity index (χ4n) is 1.23. The number of rotatable bonds is 2. The smallest absolute Gasteiger partial charge is 0.135 e. The van der Waals surface area contributed by atoms with Gasteiger partial charge in [-0.05, 0) is 35.0 Å². The highest BCUT2D eigenvalue weighted by molar-refractivity contribution is 9.10. The lowest BCUT2D eigenvalue weighted by Crippen LogP contribution is -1.92. The van der Waals surface area contributed by atoms with E-state index in [-0.39, 0.29) is 0 Å². The first-order valence-corrected chi connectivity index (χ1v) is 4.86. The average Bonchev–Trinajstić information content (AvgIpc) is 2.58. The molecular formula is C9H9BrN2O. The van der Waals surface area contributed by atoms with Crippen molar-refractivity contribution in [3.05, 3.63) is 22.8 Å². The van der Waals surface area contributed by atoms with Gasteiger partial charge in [-0.3, -0.25) is 5.10 Å². The van der Waals surface area contributed by atoms with Crippen molar-refractivity contribution < 1.29 is 4.74 Å². The number of halogens is 1. The second-order valence-corrected chi connectivity index (χ2v) is 3.44. The molecule has 0 unspecified atom stereocenters. The molecule has 0 saturated carbocycles. The van der Waals surface area contributed by atoms with E-state index in [9.17, 15) is 0 Å². The van der Waals surface area contributed by atoms with Crippen LogP contribution in [0.1, 0.15) is 6.92 Å². The molecule has 3 nitrogen and oxygen atoms in total. The summed E-state index contributed by atoms with van der Waals surface area (Å²) >= 11 is 3.47. The van der Waals surface area contributed by atoms with Crippen LogP contribution in [0, 0.1) is 0 Å². The molecule has 0 bridgehead atoms. The number of aromatic nitrogens is 2. The molecule has 1 aromatic carbocycles. The molecule has 0 spiro atoms. The van der Waals surface area contributed by atoms with E-state index in [2.05, 4.69) is 26.1 Å². The van der Waals surface area contributed by atoms with Gasteiger partial charge in [-0.25, -0.2) is 0 Å². The minimum absolute atomic E-state index is 0.665. The van der Waals surface area contributed by atoms with Gasteiger partial charge in [0.05, 0.1) is 22.8 Å². The quantitative estimate of drug-likeness (QED) is 0.877. The molecule has 0 atom stereocenters. The maximum absolute atomic E-state index is 5.42. The van der Waals surface area contributed by atoms with E-state index in [1.165, 1.54) is 0 Å². The van der Waals surface area contributed by atoms with Gasteiger partial charge in [0, 0.05) is 5.39 Å². The van der Waals surface area contributed by atoms with Crippen LogP contribution in [0.15, 0.2) is 22.8 Å². The zero-order valence-corrected chi connectivity index (χ0v) is 8.76. The first-order valence-electron chi connectivity index (χ1n) is 4.07. The molecule has 4 heteroatoms. The van der Waals surface area contributed by atoms with Crippen molar-refractivity contribution in [1.29, 1.82) is 0 Å². The third-order valence-corrected chi connectivity index (χ3v) is 2.61. The van der Waals surface area contributed by atoms with Crippen molar-refractivity contribution in [3.8, 4) is 5.75 Å². The highest BCUT2D eigenvalue weighted by atomic mass is 79.9. The van der Waals surface area contributed by atoms with Crippen LogP contribution in [0.25, 0.3) is 10.9 Å². The van der Waals surface area contributed by atoms with E-state index >= 15 is 0 Å². The van der Waals surface area contributed by atoms with Crippen molar-refractivity contribution in [2.45, 2.75) is 6.92 Å². The molecule has 13 heavy (non-hydrogen) atoms. The Labute approximate surface area is 84.2 Å². The lowest BCUT2D eigenvalue weighted by atomic mass is 10.2. The minimum atomic E-state index is 0.665. The van der Waals surface area contributed by atoms with Crippen LogP contribution in [-0.2, 0) is 0 Å². The molecule has 0 fully saturated rings. The van der Waals surface area contributed by atoms with Gasteiger partial charge < -0.3 is 4.74 Å². The molecule has 2 aromatic rings. The lowest BCUT2D eigenvalue weighted by Gasteiger charge is -2.05. The number of nitrogens with one attached hydrogen (secondary N) is 1. The summed E-state index contributed by atoms with van der Waals surface area (Å²) in [6.07, 6.45) is 1.79. The normalized spacial score (nSPS) is 10.6. The number of hydrogen-bond donors (Lipinski definition) is 1. The summed E-state index contributed by atoms with van der Waals surface area (Å²) < 4.78 is 6.35. The molecule has 1 heterocycles. The molecule has 0 aliphatic heterocycles. The predicted molar refractivity (Wildman–Crippen MR) is 55.0 cm³/mol. The van der Waals surface area contributed by atoms with Crippen molar-refractivity contribution in [2.75, 3.05) is 6.61 Å². The maximum atomic E-state index is 5.42. The zero-order valence-electron chi connectivity index (χ0n) is 7.17. The first kappa shape index (κ1) is 8.56. The van der Waals surface area contributed by atoms with Gasteiger partial charge in [0.25, 0.3) is 0 Å². The molecule has 0 radical (unpaired) electrons. The Balaban J connectivity index is 2.59. The van der Waals surface area contributed by atoms with Crippen molar-refractivity contribution in [2.24, 2.45) is 0 Å². The Bertz CT molecular complexity index is 424. The summed E-state index contributed by atoms with van der Waals surface area (Å²) in [5.41, 5.74) is 0.978. The molecule has 2 rings (SSSR count). The molecule has 68 valence electrons. The summed E-state index contributed by atoms with van der Waals surface area (Å²) in [5, 5.41) is 7.94. The Morgan fingerprint density at radius 1 is 1.54 bits per heavy atom. The lowest BCUT2D eigenvalue weighted by molar-refractivity contribution is 0.338. The Morgan fingerprint density at radius 3 is 3.15 bits per heavy atom. The monoisotopic (exact) mass is 240 g/mol. The molecule has 0 amide bonds. The highest BCUT2D eigenvalue weighted by Crippen LogP contribution is 2.31. The average molecular weight is 241 g/mol. The van der Waals surface area contributed by atoms with Crippen LogP contribution in [-0.4, -0.2) is 16.8 Å². The van der Waals surface area contributed by atoms with E-state index in [0.717, 1.165) is 21.1 Å². The fourth-order valence-corrected chi connectivity index (χ4v) is 1.79. The van der Waals surface area contributed by atoms with E-state index in [4.69, 9.17) is 4.74 Å². The zero-order chi connectivity index (χ0) is 9.26. The Kier molecular flexibility index (Phi) is 2.22. The van der Waals surface area contributed by atoms with E-state index in [1.807, 2.05) is 19.1 Å². The molecule has 1 N–H and O–H groups in total. The molecule has 0 saturated heterocycles. The van der Waals surface area contributed by atoms with Crippen LogP contribution in [0.3, 0.4) is 0 Å². The number of aromatic amines is 1. The third kappa shape index (κ3) is 1.42. The van der Waals surface area contributed by atoms with Crippen molar-refractivity contribution in [1.82, 2.24) is 10.2 Å². The first-order chi connectivity index (χ1) is 6.33. The standard InChI is InChI=1S/C9H9BrN2O/c1-2-13-7-4-3-6-5-11-12-9(6)8(7)10/h3-5H,2H2,1H3,(H,11,12). The van der Waals surface area contributed by atoms with Crippen molar-refractivity contribution in [3.63, 3.8) is 0 Å². The number of ether oxygens (including phenoxy) is 1. The second-order valence-electron chi connectivity index (χ2n) is 2.64. The Hall–Kier alpha value is -1.03. The summed E-state index contributed by atoms with van der Waals surface area (Å²) in [4.78, 5) is 0. The number of nitrogens with zero attached hydrogens (tertiary/aromatic N) is 1. The van der Waals surface area contributed by atoms with Crippen LogP contribution >= 0.6 is 15.9 Å². The third-order valence-electron chi connectivity index (χ3n) is 1.82. The largest absolute Gasteiger partial charge is 0.493 e. The van der Waals surface area contributed by atoms with Crippen molar-refractivity contribution >= 4 is 26.8 Å². The topological polar surface area (TPSA) is 37.9 Å². The molecule has 1 aromatic heterocycles. The van der Waals surface area contributed by atoms with Gasteiger partial charge >= 0.3 is 0 Å². The molecule has 0 aliphatic carbocycles. The fraction of sp³-hybridized carbons (Fsp3) is 0.222. The van der Waals surface area contributed by atoms with Crippen LogP contribution in [0.2, 0.25) is 0 Å². The van der Waals surface area contributed by atoms with E-state index in [1.54, 1.807) is 6.20 Å². The van der Waals surface area contributed by atoms with E-state index < -0.39 is 0 Å². The number of H-pyrrole nitrogens is 1. The molecular weight excluding hydrogens is 232 g/mol.